The van der Waals surface area contributed by atoms with E-state index in [4.69, 9.17) is 5.73 Å². The summed E-state index contributed by atoms with van der Waals surface area (Å²) in [5, 5.41) is 2.80. The molecule has 2 rings (SSSR count). The lowest BCUT2D eigenvalue weighted by Crippen LogP contribution is -2.45. The van der Waals surface area contributed by atoms with E-state index in [1.165, 1.54) is 0 Å². The molecule has 17 heavy (non-hydrogen) atoms. The van der Waals surface area contributed by atoms with Crippen molar-refractivity contribution >= 4 is 11.6 Å². The summed E-state index contributed by atoms with van der Waals surface area (Å²) in [6, 6.07) is 3.56. The number of nitrogens with one attached hydrogen (secondary N) is 1. The summed E-state index contributed by atoms with van der Waals surface area (Å²) in [6.07, 6.45) is 5.25. The van der Waals surface area contributed by atoms with Crippen molar-refractivity contribution in [2.45, 2.75) is 19.4 Å². The highest BCUT2D eigenvalue weighted by molar-refractivity contribution is 5.94. The van der Waals surface area contributed by atoms with Crippen molar-refractivity contribution in [3.63, 3.8) is 0 Å². The Balaban J connectivity index is 2.13. The van der Waals surface area contributed by atoms with E-state index in [-0.39, 0.29) is 5.91 Å². The van der Waals surface area contributed by atoms with Crippen LogP contribution in [0.3, 0.4) is 0 Å². The molecule has 2 aromatic heterocycles. The van der Waals surface area contributed by atoms with Crippen molar-refractivity contribution in [1.29, 1.82) is 0 Å². The first-order chi connectivity index (χ1) is 7.96. The maximum atomic E-state index is 11.9. The molecule has 2 aromatic rings. The number of carbonyl (C=O) groups excluding carboxylic acids is 1. The van der Waals surface area contributed by atoms with E-state index in [1.807, 2.05) is 24.3 Å². The van der Waals surface area contributed by atoms with Crippen molar-refractivity contribution in [3.05, 3.63) is 36.3 Å². The number of hydrogen-bond acceptors (Lipinski definition) is 3. The summed E-state index contributed by atoms with van der Waals surface area (Å²) in [7, 11) is 0. The first-order valence-corrected chi connectivity index (χ1v) is 5.45. The molecular formula is C12H16N4O. The highest BCUT2D eigenvalue weighted by Crippen LogP contribution is 2.05. The van der Waals surface area contributed by atoms with Crippen molar-refractivity contribution in [1.82, 2.24) is 14.7 Å². The van der Waals surface area contributed by atoms with Gasteiger partial charge in [-0.2, -0.15) is 0 Å². The molecule has 0 radical (unpaired) electrons. The molecular weight excluding hydrogens is 216 g/mol. The topological polar surface area (TPSA) is 72.4 Å². The molecule has 0 spiro atoms. The van der Waals surface area contributed by atoms with Gasteiger partial charge in [-0.15, -0.1) is 0 Å². The molecule has 0 atom stereocenters. The number of carbonyl (C=O) groups is 1. The van der Waals surface area contributed by atoms with Crippen LogP contribution in [0.25, 0.3) is 5.65 Å². The van der Waals surface area contributed by atoms with Crippen molar-refractivity contribution in [3.8, 4) is 0 Å². The third kappa shape index (κ3) is 2.82. The Morgan fingerprint density at radius 1 is 1.53 bits per heavy atom. The zero-order valence-electron chi connectivity index (χ0n) is 9.97. The van der Waals surface area contributed by atoms with Gasteiger partial charge in [0.25, 0.3) is 5.91 Å². The Morgan fingerprint density at radius 3 is 3.00 bits per heavy atom. The second-order valence-electron chi connectivity index (χ2n) is 4.78. The lowest BCUT2D eigenvalue weighted by atomic mass is 10.1. The number of pyridine rings is 1. The molecule has 0 aliphatic rings. The van der Waals surface area contributed by atoms with Gasteiger partial charge in [0.1, 0.15) is 5.65 Å². The Labute approximate surface area is 99.6 Å². The molecule has 0 bridgehead atoms. The van der Waals surface area contributed by atoms with Gasteiger partial charge in [0, 0.05) is 30.7 Å². The highest BCUT2D eigenvalue weighted by Gasteiger charge is 2.13. The van der Waals surface area contributed by atoms with Gasteiger partial charge < -0.3 is 15.5 Å². The first kappa shape index (κ1) is 11.6. The zero-order valence-corrected chi connectivity index (χ0v) is 9.97. The van der Waals surface area contributed by atoms with Gasteiger partial charge in [-0.25, -0.2) is 4.98 Å². The highest BCUT2D eigenvalue weighted by atomic mass is 16.1. The van der Waals surface area contributed by atoms with E-state index in [0.29, 0.717) is 12.1 Å². The molecule has 5 heteroatoms. The number of aromatic nitrogens is 2. The van der Waals surface area contributed by atoms with Gasteiger partial charge in [-0.1, -0.05) is 0 Å². The standard InChI is InChI=1S/C12H16N4O/c1-12(2,13)8-15-11(17)9-3-4-10-14-5-6-16(10)7-9/h3-7H,8,13H2,1-2H3,(H,15,17). The minimum Gasteiger partial charge on any atom is -0.350 e. The predicted octanol–water partition coefficient (Wildman–Crippen LogP) is 0.801. The van der Waals surface area contributed by atoms with Gasteiger partial charge in [0.15, 0.2) is 0 Å². The molecule has 5 nitrogen and oxygen atoms in total. The number of hydrogen-bond donors (Lipinski definition) is 2. The SMILES string of the molecule is CC(C)(N)CNC(=O)c1ccc2nccn2c1. The van der Waals surface area contributed by atoms with Gasteiger partial charge in [-0.3, -0.25) is 4.79 Å². The van der Waals surface area contributed by atoms with Crippen molar-refractivity contribution < 1.29 is 4.79 Å². The van der Waals surface area contributed by atoms with Crippen LogP contribution in [0.15, 0.2) is 30.7 Å². The number of nitrogens with zero attached hydrogens (tertiary/aromatic N) is 2. The number of imidazole rings is 1. The quantitative estimate of drug-likeness (QED) is 0.822. The number of amides is 1. The van der Waals surface area contributed by atoms with Crippen LogP contribution >= 0.6 is 0 Å². The van der Waals surface area contributed by atoms with Gasteiger partial charge in [0.2, 0.25) is 0 Å². The molecule has 0 unspecified atom stereocenters. The van der Waals surface area contributed by atoms with E-state index in [2.05, 4.69) is 10.3 Å². The summed E-state index contributed by atoms with van der Waals surface area (Å²) in [6.45, 7) is 4.17. The summed E-state index contributed by atoms with van der Waals surface area (Å²) in [5.41, 5.74) is 6.82. The molecule has 2 heterocycles. The predicted molar refractivity (Wildman–Crippen MR) is 65.8 cm³/mol. The van der Waals surface area contributed by atoms with Crippen LogP contribution in [0, 0.1) is 0 Å². The zero-order chi connectivity index (χ0) is 12.5. The van der Waals surface area contributed by atoms with Crippen LogP contribution in [0.5, 0.6) is 0 Å². The normalized spacial score (nSPS) is 11.7. The Morgan fingerprint density at radius 2 is 2.29 bits per heavy atom. The molecule has 0 aliphatic heterocycles. The molecule has 0 fully saturated rings. The van der Waals surface area contributed by atoms with Crippen molar-refractivity contribution in [2.24, 2.45) is 5.73 Å². The Bertz CT molecular complexity index is 539. The minimum atomic E-state index is -0.408. The minimum absolute atomic E-state index is 0.126. The third-order valence-corrected chi connectivity index (χ3v) is 2.36. The van der Waals surface area contributed by atoms with E-state index in [0.717, 1.165) is 5.65 Å². The summed E-state index contributed by atoms with van der Waals surface area (Å²) >= 11 is 0. The Hall–Kier alpha value is -1.88. The molecule has 90 valence electrons. The Kier molecular flexibility index (Phi) is 2.85. The molecule has 1 amide bonds. The maximum absolute atomic E-state index is 11.9. The first-order valence-electron chi connectivity index (χ1n) is 5.45. The average Bonchev–Trinajstić information content (AvgIpc) is 2.71. The number of nitrogens with two attached hydrogens (primary N) is 1. The monoisotopic (exact) mass is 232 g/mol. The largest absolute Gasteiger partial charge is 0.350 e. The third-order valence-electron chi connectivity index (χ3n) is 2.36. The van der Waals surface area contributed by atoms with Crippen LogP contribution in [-0.2, 0) is 0 Å². The molecule has 0 saturated heterocycles. The lowest BCUT2D eigenvalue weighted by Gasteiger charge is -2.18. The second-order valence-corrected chi connectivity index (χ2v) is 4.78. The number of fused-ring (bicyclic) bond motifs is 1. The van der Waals surface area contributed by atoms with E-state index in [1.54, 1.807) is 24.7 Å². The summed E-state index contributed by atoms with van der Waals surface area (Å²) < 4.78 is 1.81. The summed E-state index contributed by atoms with van der Waals surface area (Å²) in [4.78, 5) is 16.0. The smallest absolute Gasteiger partial charge is 0.252 e. The second kappa shape index (κ2) is 4.18. The van der Waals surface area contributed by atoms with Gasteiger partial charge in [0.05, 0.1) is 5.56 Å². The van der Waals surface area contributed by atoms with E-state index in [9.17, 15) is 4.79 Å². The maximum Gasteiger partial charge on any atom is 0.252 e. The fourth-order valence-electron chi connectivity index (χ4n) is 1.46. The lowest BCUT2D eigenvalue weighted by molar-refractivity contribution is 0.0945. The van der Waals surface area contributed by atoms with Crippen LogP contribution in [0.4, 0.5) is 0 Å². The molecule has 0 aromatic carbocycles. The van der Waals surface area contributed by atoms with E-state index >= 15 is 0 Å². The average molecular weight is 232 g/mol. The van der Waals surface area contributed by atoms with Gasteiger partial charge >= 0.3 is 0 Å². The van der Waals surface area contributed by atoms with Crippen LogP contribution < -0.4 is 11.1 Å². The molecule has 3 N–H and O–H groups in total. The molecule has 0 saturated carbocycles. The van der Waals surface area contributed by atoms with Crippen LogP contribution in [-0.4, -0.2) is 27.4 Å². The fourth-order valence-corrected chi connectivity index (χ4v) is 1.46. The van der Waals surface area contributed by atoms with Crippen molar-refractivity contribution in [2.75, 3.05) is 6.54 Å². The fraction of sp³-hybridized carbons (Fsp3) is 0.333. The van der Waals surface area contributed by atoms with Crippen LogP contribution in [0.2, 0.25) is 0 Å². The van der Waals surface area contributed by atoms with Crippen LogP contribution in [0.1, 0.15) is 24.2 Å². The van der Waals surface area contributed by atoms with Gasteiger partial charge in [-0.05, 0) is 26.0 Å². The number of rotatable bonds is 3. The van der Waals surface area contributed by atoms with E-state index < -0.39 is 5.54 Å². The molecule has 0 aliphatic carbocycles. The summed E-state index contributed by atoms with van der Waals surface area (Å²) in [5.74, 6) is -0.126.